The fraction of sp³-hybridized carbons (Fsp3) is 0.111. The molecule has 0 aromatic heterocycles. The number of rotatable bonds is 2. The molecule has 2 amide bonds. The first-order valence-electron chi connectivity index (χ1n) is 3.79. The van der Waals surface area contributed by atoms with Crippen molar-refractivity contribution in [3.63, 3.8) is 0 Å². The van der Waals surface area contributed by atoms with E-state index in [4.69, 9.17) is 11.6 Å². The van der Waals surface area contributed by atoms with E-state index in [-0.39, 0.29) is 5.88 Å². The van der Waals surface area contributed by atoms with Crippen LogP contribution in [0.1, 0.15) is 10.4 Å². The van der Waals surface area contributed by atoms with E-state index < -0.39 is 11.8 Å². The molecule has 0 aliphatic carbocycles. The Morgan fingerprint density at radius 3 is 2.36 bits per heavy atom. The fourth-order valence-corrected chi connectivity index (χ4v) is 1.16. The number of amides is 2. The van der Waals surface area contributed by atoms with Gasteiger partial charge >= 0.3 is 0 Å². The molecule has 1 N–H and O–H groups in total. The van der Waals surface area contributed by atoms with Crippen LogP contribution in [-0.2, 0) is 4.79 Å². The fourth-order valence-electron chi connectivity index (χ4n) is 0.833. The van der Waals surface area contributed by atoms with Crippen LogP contribution in [0, 0.1) is 0 Å². The average molecular weight is 277 g/mol. The van der Waals surface area contributed by atoms with E-state index in [0.29, 0.717) is 5.56 Å². The minimum absolute atomic E-state index is 0.220. The van der Waals surface area contributed by atoms with Crippen LogP contribution in [0.15, 0.2) is 28.7 Å². The van der Waals surface area contributed by atoms with Crippen molar-refractivity contribution in [3.8, 4) is 0 Å². The maximum Gasteiger partial charge on any atom is 0.257 e. The van der Waals surface area contributed by atoms with Crippen LogP contribution in [0.3, 0.4) is 0 Å². The number of nitrogens with one attached hydrogen (secondary N) is 1. The zero-order valence-electron chi connectivity index (χ0n) is 7.09. The van der Waals surface area contributed by atoms with Gasteiger partial charge in [-0.25, -0.2) is 0 Å². The SMILES string of the molecule is O=C(CCl)NC(=O)c1ccc(Br)cc1. The third-order valence-electron chi connectivity index (χ3n) is 1.48. The van der Waals surface area contributed by atoms with Gasteiger partial charge in [0.1, 0.15) is 5.88 Å². The lowest BCUT2D eigenvalue weighted by atomic mass is 10.2. The molecular weight excluding hydrogens is 269 g/mol. The van der Waals surface area contributed by atoms with Gasteiger partial charge in [0, 0.05) is 10.0 Å². The minimum Gasteiger partial charge on any atom is -0.291 e. The van der Waals surface area contributed by atoms with Crippen molar-refractivity contribution < 1.29 is 9.59 Å². The molecule has 0 spiro atoms. The van der Waals surface area contributed by atoms with Crippen molar-refractivity contribution in [2.45, 2.75) is 0 Å². The van der Waals surface area contributed by atoms with E-state index in [1.165, 1.54) is 0 Å². The third-order valence-corrected chi connectivity index (χ3v) is 2.25. The zero-order chi connectivity index (χ0) is 10.6. The second-order valence-electron chi connectivity index (χ2n) is 2.52. The first-order valence-corrected chi connectivity index (χ1v) is 5.12. The smallest absolute Gasteiger partial charge is 0.257 e. The maximum atomic E-state index is 11.3. The first kappa shape index (κ1) is 11.2. The quantitative estimate of drug-likeness (QED) is 0.839. The van der Waals surface area contributed by atoms with E-state index in [9.17, 15) is 9.59 Å². The van der Waals surface area contributed by atoms with E-state index in [1.807, 2.05) is 0 Å². The summed E-state index contributed by atoms with van der Waals surface area (Å²) in [6.07, 6.45) is 0. The molecule has 5 heteroatoms. The van der Waals surface area contributed by atoms with Crippen LogP contribution in [0.4, 0.5) is 0 Å². The second kappa shape index (κ2) is 5.12. The van der Waals surface area contributed by atoms with Gasteiger partial charge in [0.15, 0.2) is 0 Å². The van der Waals surface area contributed by atoms with Crippen LogP contribution in [0.25, 0.3) is 0 Å². The zero-order valence-corrected chi connectivity index (χ0v) is 9.43. The molecule has 0 fully saturated rings. The molecule has 1 rings (SSSR count). The van der Waals surface area contributed by atoms with E-state index >= 15 is 0 Å². The topological polar surface area (TPSA) is 46.2 Å². The monoisotopic (exact) mass is 275 g/mol. The lowest BCUT2D eigenvalue weighted by Crippen LogP contribution is -2.31. The molecule has 0 atom stereocenters. The Balaban J connectivity index is 2.70. The number of hydrogen-bond donors (Lipinski definition) is 1. The molecule has 0 aliphatic rings. The van der Waals surface area contributed by atoms with Gasteiger partial charge in [-0.05, 0) is 24.3 Å². The Bertz CT molecular complexity index is 350. The summed E-state index contributed by atoms with van der Waals surface area (Å²) in [5.74, 6) is -1.16. The molecule has 0 saturated carbocycles. The summed E-state index contributed by atoms with van der Waals surface area (Å²) in [5, 5.41) is 2.14. The number of hydrogen-bond acceptors (Lipinski definition) is 2. The standard InChI is InChI=1S/C9H7BrClNO2/c10-7-3-1-6(2-4-7)9(14)12-8(13)5-11/h1-4H,5H2,(H,12,13,14). The normalized spacial score (nSPS) is 9.57. The molecule has 0 bridgehead atoms. The summed E-state index contributed by atoms with van der Waals surface area (Å²) in [6, 6.07) is 6.67. The van der Waals surface area contributed by atoms with Gasteiger partial charge in [-0.3, -0.25) is 14.9 Å². The summed E-state index contributed by atoms with van der Waals surface area (Å²) in [6.45, 7) is 0. The molecule has 0 aliphatic heterocycles. The van der Waals surface area contributed by atoms with E-state index in [2.05, 4.69) is 21.2 Å². The number of alkyl halides is 1. The molecule has 0 unspecified atom stereocenters. The van der Waals surface area contributed by atoms with Gasteiger partial charge in [-0.2, -0.15) is 0 Å². The summed E-state index contributed by atoms with van der Waals surface area (Å²) in [7, 11) is 0. The van der Waals surface area contributed by atoms with Crippen LogP contribution >= 0.6 is 27.5 Å². The molecule has 14 heavy (non-hydrogen) atoms. The highest BCUT2D eigenvalue weighted by atomic mass is 79.9. The Morgan fingerprint density at radius 2 is 1.86 bits per heavy atom. The van der Waals surface area contributed by atoms with Crippen LogP contribution in [0.5, 0.6) is 0 Å². The first-order chi connectivity index (χ1) is 6.63. The number of carbonyl (C=O) groups is 2. The number of benzene rings is 1. The molecule has 1 aromatic rings. The van der Waals surface area contributed by atoms with Gasteiger partial charge in [0.2, 0.25) is 5.91 Å². The summed E-state index contributed by atoms with van der Waals surface area (Å²) in [4.78, 5) is 22.1. The van der Waals surface area contributed by atoms with Crippen molar-refractivity contribution in [3.05, 3.63) is 34.3 Å². The molecule has 1 aromatic carbocycles. The lowest BCUT2D eigenvalue weighted by Gasteiger charge is -2.01. The number of imide groups is 1. The van der Waals surface area contributed by atoms with Gasteiger partial charge in [0.25, 0.3) is 5.91 Å². The van der Waals surface area contributed by atoms with Gasteiger partial charge in [-0.1, -0.05) is 15.9 Å². The van der Waals surface area contributed by atoms with E-state index in [1.54, 1.807) is 24.3 Å². The summed E-state index contributed by atoms with van der Waals surface area (Å²) >= 11 is 8.48. The molecule has 0 radical (unpaired) electrons. The Kier molecular flexibility index (Phi) is 4.10. The number of carbonyl (C=O) groups excluding carboxylic acids is 2. The Hall–Kier alpha value is -0.870. The Labute approximate surface area is 94.6 Å². The third kappa shape index (κ3) is 3.12. The summed E-state index contributed by atoms with van der Waals surface area (Å²) < 4.78 is 0.873. The Morgan fingerprint density at radius 1 is 1.29 bits per heavy atom. The molecule has 0 saturated heterocycles. The molecule has 74 valence electrons. The minimum atomic E-state index is -0.500. The number of halogens is 2. The molecule has 0 heterocycles. The van der Waals surface area contributed by atoms with Crippen molar-refractivity contribution in [2.24, 2.45) is 0 Å². The van der Waals surface area contributed by atoms with Crippen LogP contribution in [0.2, 0.25) is 0 Å². The van der Waals surface area contributed by atoms with Crippen molar-refractivity contribution in [1.29, 1.82) is 0 Å². The van der Waals surface area contributed by atoms with Crippen molar-refractivity contribution in [1.82, 2.24) is 5.32 Å². The predicted molar refractivity (Wildman–Crippen MR) is 57.3 cm³/mol. The van der Waals surface area contributed by atoms with Crippen molar-refractivity contribution in [2.75, 3.05) is 5.88 Å². The van der Waals surface area contributed by atoms with Crippen LogP contribution in [-0.4, -0.2) is 17.7 Å². The van der Waals surface area contributed by atoms with E-state index in [0.717, 1.165) is 4.47 Å². The predicted octanol–water partition coefficient (Wildman–Crippen LogP) is 1.94. The van der Waals surface area contributed by atoms with Gasteiger partial charge < -0.3 is 0 Å². The molecule has 3 nitrogen and oxygen atoms in total. The largest absolute Gasteiger partial charge is 0.291 e. The highest BCUT2D eigenvalue weighted by Crippen LogP contribution is 2.10. The lowest BCUT2D eigenvalue weighted by molar-refractivity contribution is -0.117. The van der Waals surface area contributed by atoms with Crippen molar-refractivity contribution >= 4 is 39.3 Å². The highest BCUT2D eigenvalue weighted by Gasteiger charge is 2.08. The van der Waals surface area contributed by atoms with Gasteiger partial charge in [0.05, 0.1) is 0 Å². The second-order valence-corrected chi connectivity index (χ2v) is 3.70. The maximum absolute atomic E-state index is 11.3. The average Bonchev–Trinajstić information content (AvgIpc) is 2.18. The van der Waals surface area contributed by atoms with Gasteiger partial charge in [-0.15, -0.1) is 11.6 Å². The summed E-state index contributed by atoms with van der Waals surface area (Å²) in [5.41, 5.74) is 0.423. The highest BCUT2D eigenvalue weighted by molar-refractivity contribution is 9.10. The molecular formula is C9H7BrClNO2. The van der Waals surface area contributed by atoms with Crippen LogP contribution < -0.4 is 5.32 Å².